The highest BCUT2D eigenvalue weighted by molar-refractivity contribution is 5.75. The van der Waals surface area contributed by atoms with E-state index in [9.17, 15) is 9.59 Å². The van der Waals surface area contributed by atoms with Crippen LogP contribution in [0, 0.1) is 0 Å². The van der Waals surface area contributed by atoms with Crippen molar-refractivity contribution < 1.29 is 14.7 Å². The molecule has 0 bridgehead atoms. The average Bonchev–Trinajstić information content (AvgIpc) is 2.95. The van der Waals surface area contributed by atoms with Crippen molar-refractivity contribution in [3.63, 3.8) is 0 Å². The Hall–Kier alpha value is -1.30. The molecule has 1 aliphatic carbocycles. The number of nitrogens with one attached hydrogen (secondary N) is 3. The molecule has 1 atom stereocenters. The van der Waals surface area contributed by atoms with Crippen LogP contribution in [0.25, 0.3) is 0 Å². The van der Waals surface area contributed by atoms with E-state index in [4.69, 9.17) is 5.11 Å². The number of rotatable bonds is 5. The molecule has 1 rings (SSSR count). The molecule has 1 saturated carbocycles. The van der Waals surface area contributed by atoms with E-state index in [-0.39, 0.29) is 25.1 Å². The van der Waals surface area contributed by atoms with Gasteiger partial charge < -0.3 is 21.1 Å². The number of hydrogen-bond donors (Lipinski definition) is 4. The van der Waals surface area contributed by atoms with Crippen LogP contribution in [0.4, 0.5) is 4.79 Å². The van der Waals surface area contributed by atoms with E-state index in [1.54, 1.807) is 0 Å². The van der Waals surface area contributed by atoms with Crippen molar-refractivity contribution in [2.75, 3.05) is 13.2 Å². The van der Waals surface area contributed by atoms with Crippen LogP contribution in [0.15, 0.2) is 0 Å². The average molecular weight is 215 g/mol. The molecule has 86 valence electrons. The van der Waals surface area contributed by atoms with Crippen molar-refractivity contribution in [1.82, 2.24) is 16.0 Å². The van der Waals surface area contributed by atoms with Gasteiger partial charge >= 0.3 is 6.03 Å². The lowest BCUT2D eigenvalue weighted by atomic mass is 10.3. The summed E-state index contributed by atoms with van der Waals surface area (Å²) in [6.07, 6.45) is 2.06. The fraction of sp³-hybridized carbons (Fsp3) is 0.778. The molecule has 1 aliphatic rings. The second kappa shape index (κ2) is 5.55. The molecule has 6 nitrogen and oxygen atoms in total. The zero-order chi connectivity index (χ0) is 11.3. The first kappa shape index (κ1) is 11.8. The molecule has 0 aromatic heterocycles. The summed E-state index contributed by atoms with van der Waals surface area (Å²) in [6, 6.07) is -0.368. The maximum atomic E-state index is 11.2. The van der Waals surface area contributed by atoms with Crippen LogP contribution in [0.5, 0.6) is 0 Å². The number of amides is 3. The maximum Gasteiger partial charge on any atom is 0.315 e. The highest BCUT2D eigenvalue weighted by atomic mass is 16.3. The van der Waals surface area contributed by atoms with E-state index >= 15 is 0 Å². The standard InChI is InChI=1S/C9H17N3O3/c1-6(14)11-8(5-13)4-10-9(15)12-7-2-3-7/h7-8,13H,2-5H2,1H3,(H,11,14)(H2,10,12,15). The van der Waals surface area contributed by atoms with Gasteiger partial charge in [-0.1, -0.05) is 0 Å². The van der Waals surface area contributed by atoms with E-state index in [1.807, 2.05) is 0 Å². The van der Waals surface area contributed by atoms with Crippen molar-refractivity contribution in [1.29, 1.82) is 0 Å². The topological polar surface area (TPSA) is 90.5 Å². The Kier molecular flexibility index (Phi) is 4.36. The van der Waals surface area contributed by atoms with Gasteiger partial charge in [0.1, 0.15) is 0 Å². The van der Waals surface area contributed by atoms with Gasteiger partial charge in [0.2, 0.25) is 5.91 Å². The van der Waals surface area contributed by atoms with Gasteiger partial charge in [0.05, 0.1) is 12.6 Å². The van der Waals surface area contributed by atoms with Gasteiger partial charge in [0.25, 0.3) is 0 Å². The Bertz CT molecular complexity index is 241. The minimum atomic E-state index is -0.424. The summed E-state index contributed by atoms with van der Waals surface area (Å²) in [5.74, 6) is -0.224. The lowest BCUT2D eigenvalue weighted by molar-refractivity contribution is -0.119. The Balaban J connectivity index is 2.14. The van der Waals surface area contributed by atoms with Crippen LogP contribution in [-0.2, 0) is 4.79 Å². The molecule has 0 radical (unpaired) electrons. The molecule has 0 aromatic carbocycles. The summed E-state index contributed by atoms with van der Waals surface area (Å²) >= 11 is 0. The van der Waals surface area contributed by atoms with Crippen molar-refractivity contribution >= 4 is 11.9 Å². The van der Waals surface area contributed by atoms with Gasteiger partial charge in [-0.15, -0.1) is 0 Å². The second-order valence-corrected chi connectivity index (χ2v) is 3.71. The molecule has 0 spiro atoms. The van der Waals surface area contributed by atoms with Crippen molar-refractivity contribution in [3.8, 4) is 0 Å². The summed E-state index contributed by atoms with van der Waals surface area (Å²) in [5, 5.41) is 16.7. The minimum Gasteiger partial charge on any atom is -0.394 e. The van der Waals surface area contributed by atoms with Crippen molar-refractivity contribution in [3.05, 3.63) is 0 Å². The smallest absolute Gasteiger partial charge is 0.315 e. The fourth-order valence-electron chi connectivity index (χ4n) is 1.13. The molecule has 3 amide bonds. The van der Waals surface area contributed by atoms with E-state index < -0.39 is 6.04 Å². The van der Waals surface area contributed by atoms with Gasteiger partial charge in [-0.25, -0.2) is 4.79 Å². The Labute approximate surface area is 88.4 Å². The van der Waals surface area contributed by atoms with E-state index in [1.165, 1.54) is 6.92 Å². The van der Waals surface area contributed by atoms with E-state index in [0.717, 1.165) is 12.8 Å². The summed E-state index contributed by atoms with van der Waals surface area (Å²) in [7, 11) is 0. The van der Waals surface area contributed by atoms with Crippen LogP contribution in [0.1, 0.15) is 19.8 Å². The summed E-state index contributed by atoms with van der Waals surface area (Å²) in [4.78, 5) is 21.9. The van der Waals surface area contributed by atoms with Crippen LogP contribution >= 0.6 is 0 Å². The first-order chi connectivity index (χ1) is 7.11. The molecule has 4 N–H and O–H groups in total. The summed E-state index contributed by atoms with van der Waals surface area (Å²) < 4.78 is 0. The van der Waals surface area contributed by atoms with Gasteiger partial charge in [0, 0.05) is 19.5 Å². The molecule has 0 aromatic rings. The lowest BCUT2D eigenvalue weighted by Gasteiger charge is -2.15. The normalized spacial score (nSPS) is 16.7. The number of carbonyl (C=O) groups is 2. The second-order valence-electron chi connectivity index (χ2n) is 3.71. The lowest BCUT2D eigenvalue weighted by Crippen LogP contribution is -2.47. The number of urea groups is 1. The number of aliphatic hydroxyl groups is 1. The Morgan fingerprint density at radius 1 is 1.47 bits per heavy atom. The fourth-order valence-corrected chi connectivity index (χ4v) is 1.13. The van der Waals surface area contributed by atoms with Crippen LogP contribution in [0.3, 0.4) is 0 Å². The van der Waals surface area contributed by atoms with Crippen molar-refractivity contribution in [2.24, 2.45) is 0 Å². The zero-order valence-corrected chi connectivity index (χ0v) is 8.75. The molecule has 1 fully saturated rings. The highest BCUT2D eigenvalue weighted by Gasteiger charge is 2.23. The molecule has 0 aliphatic heterocycles. The van der Waals surface area contributed by atoms with E-state index in [2.05, 4.69) is 16.0 Å². The van der Waals surface area contributed by atoms with E-state index in [0.29, 0.717) is 6.04 Å². The SMILES string of the molecule is CC(=O)NC(CO)CNC(=O)NC1CC1. The maximum absolute atomic E-state index is 11.2. The number of carbonyl (C=O) groups excluding carboxylic acids is 2. The molecule has 1 unspecified atom stereocenters. The van der Waals surface area contributed by atoms with Crippen molar-refractivity contribution in [2.45, 2.75) is 31.8 Å². The van der Waals surface area contributed by atoms with Crippen LogP contribution < -0.4 is 16.0 Å². The predicted octanol–water partition coefficient (Wildman–Crippen LogP) is -1.05. The quantitative estimate of drug-likeness (QED) is 0.471. The first-order valence-electron chi connectivity index (χ1n) is 5.04. The van der Waals surface area contributed by atoms with Gasteiger partial charge in [-0.05, 0) is 12.8 Å². The molecular formula is C9H17N3O3. The third-order valence-corrected chi connectivity index (χ3v) is 2.05. The Morgan fingerprint density at radius 3 is 2.60 bits per heavy atom. The van der Waals surface area contributed by atoms with Crippen LogP contribution in [-0.4, -0.2) is 42.3 Å². The van der Waals surface area contributed by atoms with Gasteiger partial charge in [-0.2, -0.15) is 0 Å². The largest absolute Gasteiger partial charge is 0.394 e. The summed E-state index contributed by atoms with van der Waals surface area (Å²) in [5.41, 5.74) is 0. The molecular weight excluding hydrogens is 198 g/mol. The predicted molar refractivity (Wildman–Crippen MR) is 54.2 cm³/mol. The monoisotopic (exact) mass is 215 g/mol. The molecule has 15 heavy (non-hydrogen) atoms. The third-order valence-electron chi connectivity index (χ3n) is 2.05. The first-order valence-corrected chi connectivity index (χ1v) is 5.04. The zero-order valence-electron chi connectivity index (χ0n) is 8.75. The van der Waals surface area contributed by atoms with Crippen LogP contribution in [0.2, 0.25) is 0 Å². The summed E-state index contributed by atoms with van der Waals surface area (Å²) in [6.45, 7) is 1.41. The molecule has 6 heteroatoms. The Morgan fingerprint density at radius 2 is 2.13 bits per heavy atom. The number of hydrogen-bond acceptors (Lipinski definition) is 3. The molecule has 0 heterocycles. The van der Waals surface area contributed by atoms with Gasteiger partial charge in [-0.3, -0.25) is 4.79 Å². The third kappa shape index (κ3) is 5.21. The minimum absolute atomic E-state index is 0.191. The van der Waals surface area contributed by atoms with Gasteiger partial charge in [0.15, 0.2) is 0 Å². The number of aliphatic hydroxyl groups excluding tert-OH is 1. The molecule has 0 saturated heterocycles. The highest BCUT2D eigenvalue weighted by Crippen LogP contribution is 2.18.